The summed E-state index contributed by atoms with van der Waals surface area (Å²) >= 11 is 0. The zero-order valence-corrected chi connectivity index (χ0v) is 12.3. The Hall–Kier alpha value is -2.41. The van der Waals surface area contributed by atoms with Gasteiger partial charge in [-0.15, -0.1) is 0 Å². The first kappa shape index (κ1) is 13.3. The van der Waals surface area contributed by atoms with E-state index in [1.54, 1.807) is 18.9 Å². The minimum atomic E-state index is 0.713. The van der Waals surface area contributed by atoms with Gasteiger partial charge in [-0.05, 0) is 12.1 Å². The van der Waals surface area contributed by atoms with Crippen LogP contribution in [0.1, 0.15) is 17.3 Å². The number of aromatic nitrogens is 5. The lowest BCUT2D eigenvalue weighted by Gasteiger charge is -2.18. The van der Waals surface area contributed by atoms with Crippen molar-refractivity contribution < 1.29 is 4.42 Å². The van der Waals surface area contributed by atoms with Crippen LogP contribution >= 0.6 is 0 Å². The van der Waals surface area contributed by atoms with Gasteiger partial charge < -0.3 is 8.98 Å². The van der Waals surface area contributed by atoms with Gasteiger partial charge in [0.2, 0.25) is 0 Å². The molecule has 0 saturated carbocycles. The monoisotopic (exact) mass is 298 g/mol. The van der Waals surface area contributed by atoms with Crippen molar-refractivity contribution in [2.75, 3.05) is 13.1 Å². The first-order chi connectivity index (χ1) is 10.9. The molecule has 3 aromatic heterocycles. The number of fused-ring (bicyclic) bond motifs is 1. The molecule has 0 fully saturated rings. The molecule has 4 heterocycles. The summed E-state index contributed by atoms with van der Waals surface area (Å²) in [7, 11) is 0. The van der Waals surface area contributed by atoms with E-state index in [0.717, 1.165) is 44.2 Å². The van der Waals surface area contributed by atoms with Crippen molar-refractivity contribution in [3.63, 3.8) is 0 Å². The Bertz CT molecular complexity index is 715. The van der Waals surface area contributed by atoms with Crippen molar-refractivity contribution in [3.05, 3.63) is 54.5 Å². The third kappa shape index (κ3) is 2.67. The third-order valence-corrected chi connectivity index (χ3v) is 4.06. The van der Waals surface area contributed by atoms with Gasteiger partial charge in [0, 0.05) is 26.1 Å². The Balaban J connectivity index is 1.46. The van der Waals surface area contributed by atoms with Crippen LogP contribution in [-0.4, -0.2) is 42.3 Å². The molecule has 7 heteroatoms. The highest BCUT2D eigenvalue weighted by molar-refractivity contribution is 5.08. The number of imidazole rings is 1. The summed E-state index contributed by atoms with van der Waals surface area (Å²) in [5.41, 5.74) is 1.18. The van der Waals surface area contributed by atoms with Crippen LogP contribution < -0.4 is 0 Å². The molecular formula is C15H18N6O. The fraction of sp³-hybridized carbons (Fsp3) is 0.400. The van der Waals surface area contributed by atoms with Crippen LogP contribution in [0.15, 0.2) is 41.7 Å². The van der Waals surface area contributed by atoms with E-state index in [2.05, 4.69) is 24.5 Å². The molecule has 0 radical (unpaired) electrons. The summed E-state index contributed by atoms with van der Waals surface area (Å²) in [5.74, 6) is 2.17. The largest absolute Gasteiger partial charge is 0.468 e. The lowest BCUT2D eigenvalue weighted by molar-refractivity contribution is 0.248. The summed E-state index contributed by atoms with van der Waals surface area (Å²) < 4.78 is 9.59. The Morgan fingerprint density at radius 3 is 3.00 bits per heavy atom. The molecule has 7 nitrogen and oxygen atoms in total. The van der Waals surface area contributed by atoms with E-state index < -0.39 is 0 Å². The molecule has 0 aliphatic carbocycles. The van der Waals surface area contributed by atoms with Gasteiger partial charge in [0.25, 0.3) is 0 Å². The molecule has 114 valence electrons. The number of hydrogen-bond donors (Lipinski definition) is 0. The Morgan fingerprint density at radius 2 is 2.18 bits per heavy atom. The van der Waals surface area contributed by atoms with E-state index in [9.17, 15) is 0 Å². The van der Waals surface area contributed by atoms with Gasteiger partial charge in [0.15, 0.2) is 0 Å². The van der Waals surface area contributed by atoms with Gasteiger partial charge in [0.05, 0.1) is 31.2 Å². The van der Waals surface area contributed by atoms with E-state index in [1.165, 1.54) is 5.69 Å². The van der Waals surface area contributed by atoms with Crippen molar-refractivity contribution in [1.82, 2.24) is 29.2 Å². The van der Waals surface area contributed by atoms with Crippen molar-refractivity contribution >= 4 is 0 Å². The summed E-state index contributed by atoms with van der Waals surface area (Å²) in [6, 6.07) is 3.97. The first-order valence-corrected chi connectivity index (χ1v) is 7.49. The van der Waals surface area contributed by atoms with Gasteiger partial charge in [-0.25, -0.2) is 14.6 Å². The summed E-state index contributed by atoms with van der Waals surface area (Å²) in [4.78, 5) is 11.0. The quantitative estimate of drug-likeness (QED) is 0.723. The Kier molecular flexibility index (Phi) is 3.48. The molecule has 22 heavy (non-hydrogen) atoms. The lowest BCUT2D eigenvalue weighted by atomic mass is 10.3. The number of nitrogens with zero attached hydrogens (tertiary/aromatic N) is 6. The number of furan rings is 1. The predicted molar refractivity (Wildman–Crippen MR) is 79.0 cm³/mol. The average Bonchev–Trinajstić information content (AvgIpc) is 3.24. The van der Waals surface area contributed by atoms with E-state index in [0.29, 0.717) is 6.54 Å². The molecule has 0 N–H and O–H groups in total. The standard InChI is InChI=1S/C15H18N6O/c1-2-14(22-7-1)10-19-4-3-15-17-8-13(21(15)6-5-19)9-20-12-16-11-18-20/h1-2,7-8,11-12H,3-6,9-10H2. The zero-order valence-electron chi connectivity index (χ0n) is 12.3. The van der Waals surface area contributed by atoms with E-state index in [-0.39, 0.29) is 0 Å². The average molecular weight is 298 g/mol. The van der Waals surface area contributed by atoms with E-state index >= 15 is 0 Å². The van der Waals surface area contributed by atoms with Crippen molar-refractivity contribution in [2.24, 2.45) is 0 Å². The molecule has 0 aromatic carbocycles. The highest BCUT2D eigenvalue weighted by atomic mass is 16.3. The fourth-order valence-corrected chi connectivity index (χ4v) is 2.93. The van der Waals surface area contributed by atoms with Crippen LogP contribution in [0.25, 0.3) is 0 Å². The maximum absolute atomic E-state index is 5.45. The molecule has 0 atom stereocenters. The highest BCUT2D eigenvalue weighted by Gasteiger charge is 2.18. The van der Waals surface area contributed by atoms with Crippen LogP contribution in [0.2, 0.25) is 0 Å². The molecule has 0 saturated heterocycles. The van der Waals surface area contributed by atoms with Crippen LogP contribution in [0.5, 0.6) is 0 Å². The molecule has 0 unspecified atom stereocenters. The van der Waals surface area contributed by atoms with E-state index in [4.69, 9.17) is 4.42 Å². The lowest BCUT2D eigenvalue weighted by Crippen LogP contribution is -2.26. The molecule has 1 aliphatic heterocycles. The number of hydrogen-bond acceptors (Lipinski definition) is 5. The maximum Gasteiger partial charge on any atom is 0.137 e. The second-order valence-electron chi connectivity index (χ2n) is 5.52. The zero-order chi connectivity index (χ0) is 14.8. The summed E-state index contributed by atoms with van der Waals surface area (Å²) in [6.45, 7) is 4.51. The van der Waals surface area contributed by atoms with E-state index in [1.807, 2.05) is 23.0 Å². The molecule has 0 bridgehead atoms. The number of rotatable bonds is 4. The molecule has 3 aromatic rings. The predicted octanol–water partition coefficient (Wildman–Crippen LogP) is 1.17. The molecular weight excluding hydrogens is 280 g/mol. The molecule has 1 aliphatic rings. The maximum atomic E-state index is 5.45. The highest BCUT2D eigenvalue weighted by Crippen LogP contribution is 2.14. The van der Waals surface area contributed by atoms with Gasteiger partial charge in [-0.1, -0.05) is 0 Å². The van der Waals surface area contributed by atoms with Crippen LogP contribution in [0.4, 0.5) is 0 Å². The molecule has 0 amide bonds. The normalized spacial score (nSPS) is 15.6. The molecule has 0 spiro atoms. The van der Waals surface area contributed by atoms with Crippen molar-refractivity contribution in [2.45, 2.75) is 26.1 Å². The minimum Gasteiger partial charge on any atom is -0.468 e. The second kappa shape index (κ2) is 5.76. The topological polar surface area (TPSA) is 64.9 Å². The van der Waals surface area contributed by atoms with Crippen molar-refractivity contribution in [1.29, 1.82) is 0 Å². The SMILES string of the molecule is c1coc(CN2CCc3ncc(Cn4cncn4)n3CC2)c1. The summed E-state index contributed by atoms with van der Waals surface area (Å²) in [6.07, 6.45) is 7.94. The first-order valence-electron chi connectivity index (χ1n) is 7.49. The Morgan fingerprint density at radius 1 is 1.18 bits per heavy atom. The van der Waals surface area contributed by atoms with Crippen molar-refractivity contribution in [3.8, 4) is 0 Å². The van der Waals surface area contributed by atoms with Gasteiger partial charge in [0.1, 0.15) is 24.2 Å². The van der Waals surface area contributed by atoms with Crippen LogP contribution in [-0.2, 0) is 26.1 Å². The van der Waals surface area contributed by atoms with Gasteiger partial charge in [-0.2, -0.15) is 5.10 Å². The fourth-order valence-electron chi connectivity index (χ4n) is 2.93. The second-order valence-corrected chi connectivity index (χ2v) is 5.52. The van der Waals surface area contributed by atoms with Gasteiger partial charge >= 0.3 is 0 Å². The van der Waals surface area contributed by atoms with Crippen LogP contribution in [0, 0.1) is 0 Å². The smallest absolute Gasteiger partial charge is 0.137 e. The van der Waals surface area contributed by atoms with Gasteiger partial charge in [-0.3, -0.25) is 4.90 Å². The third-order valence-electron chi connectivity index (χ3n) is 4.06. The minimum absolute atomic E-state index is 0.713. The Labute approximate surface area is 128 Å². The summed E-state index contributed by atoms with van der Waals surface area (Å²) in [5, 5.41) is 4.17. The molecule has 4 rings (SSSR count). The van der Waals surface area contributed by atoms with Crippen LogP contribution in [0.3, 0.4) is 0 Å².